The van der Waals surface area contributed by atoms with E-state index in [1.165, 1.54) is 27.6 Å². The number of pyridine rings is 2. The van der Waals surface area contributed by atoms with Crippen molar-refractivity contribution in [3.63, 3.8) is 0 Å². The third-order valence-electron chi connectivity index (χ3n) is 4.36. The summed E-state index contributed by atoms with van der Waals surface area (Å²) < 4.78 is 4.18. The average molecular weight is 324 g/mol. The Hall–Kier alpha value is -3.26. The van der Waals surface area contributed by atoms with Crippen LogP contribution in [0.15, 0.2) is 91.5 Å². The third-order valence-corrected chi connectivity index (χ3v) is 4.36. The van der Waals surface area contributed by atoms with Gasteiger partial charge in [-0.3, -0.25) is 0 Å². The Morgan fingerprint density at radius 3 is 1.92 bits per heavy atom. The summed E-state index contributed by atoms with van der Waals surface area (Å²) in [6.07, 6.45) is 12.6. The number of rotatable bonds is 3. The Balaban J connectivity index is 1.57. The summed E-state index contributed by atoms with van der Waals surface area (Å²) in [6, 6.07) is 23.5. The summed E-state index contributed by atoms with van der Waals surface area (Å²) in [4.78, 5) is 0. The van der Waals surface area contributed by atoms with Gasteiger partial charge in [-0.05, 0) is 28.0 Å². The third kappa shape index (κ3) is 3.48. The quantitative estimate of drug-likeness (QED) is 0.501. The maximum absolute atomic E-state index is 2.22. The molecule has 0 spiro atoms. The van der Waals surface area contributed by atoms with E-state index in [-0.39, 0.29) is 0 Å². The lowest BCUT2D eigenvalue weighted by molar-refractivity contribution is -0.671. The molecule has 0 amide bonds. The molecule has 0 N–H and O–H groups in total. The minimum absolute atomic E-state index is 1.17. The number of benzene rings is 2. The molecule has 0 bridgehead atoms. The summed E-state index contributed by atoms with van der Waals surface area (Å²) in [5, 5.41) is 2.52. The van der Waals surface area contributed by atoms with Crippen molar-refractivity contribution in [3.05, 3.63) is 103 Å². The van der Waals surface area contributed by atoms with Gasteiger partial charge in [-0.25, -0.2) is 4.57 Å². The first-order valence-corrected chi connectivity index (χ1v) is 8.42. The van der Waals surface area contributed by atoms with E-state index in [1.807, 2.05) is 11.6 Å². The molecule has 2 aromatic carbocycles. The second kappa shape index (κ2) is 6.70. The predicted octanol–water partition coefficient (Wildman–Crippen LogP) is 4.11. The number of hydrogen-bond acceptors (Lipinski definition) is 0. The summed E-state index contributed by atoms with van der Waals surface area (Å²) in [6.45, 7) is 0. The van der Waals surface area contributed by atoms with Crippen molar-refractivity contribution in [1.29, 1.82) is 0 Å². The van der Waals surface area contributed by atoms with Crippen LogP contribution in [-0.2, 0) is 7.05 Å². The van der Waals surface area contributed by atoms with Gasteiger partial charge in [-0.2, -0.15) is 4.57 Å². The standard InChI is InChI=1S/C23H20N2/c1-24-14-10-19(11-15-24)6-7-20-12-16-25(17-13-20)23-9-8-21-4-2-3-5-22(21)18-23/h2-18H,1H3/q+2/b7-6+. The molecule has 4 aromatic rings. The van der Waals surface area contributed by atoms with Crippen molar-refractivity contribution >= 4 is 22.9 Å². The lowest BCUT2D eigenvalue weighted by Crippen LogP contribution is -2.29. The van der Waals surface area contributed by atoms with Crippen LogP contribution >= 0.6 is 0 Å². The van der Waals surface area contributed by atoms with Gasteiger partial charge >= 0.3 is 0 Å². The molecule has 0 aliphatic heterocycles. The van der Waals surface area contributed by atoms with Gasteiger partial charge in [0.1, 0.15) is 7.05 Å². The summed E-state index contributed by atoms with van der Waals surface area (Å²) in [5.74, 6) is 0. The molecule has 0 aliphatic carbocycles. The molecule has 0 fully saturated rings. The van der Waals surface area contributed by atoms with Crippen LogP contribution in [0, 0.1) is 0 Å². The fourth-order valence-corrected chi connectivity index (χ4v) is 2.87. The van der Waals surface area contributed by atoms with E-state index in [1.54, 1.807) is 0 Å². The van der Waals surface area contributed by atoms with E-state index in [9.17, 15) is 0 Å². The Morgan fingerprint density at radius 2 is 1.24 bits per heavy atom. The summed E-state index contributed by atoms with van der Waals surface area (Å²) in [7, 11) is 2.02. The number of hydrogen-bond donors (Lipinski definition) is 0. The van der Waals surface area contributed by atoms with Crippen molar-refractivity contribution in [2.75, 3.05) is 0 Å². The van der Waals surface area contributed by atoms with E-state index < -0.39 is 0 Å². The minimum atomic E-state index is 1.17. The van der Waals surface area contributed by atoms with Crippen molar-refractivity contribution in [2.45, 2.75) is 0 Å². The smallest absolute Gasteiger partial charge is 0.208 e. The molecular weight excluding hydrogens is 304 g/mol. The van der Waals surface area contributed by atoms with Crippen LogP contribution in [0.3, 0.4) is 0 Å². The maximum atomic E-state index is 2.22. The lowest BCUT2D eigenvalue weighted by atomic mass is 10.1. The highest BCUT2D eigenvalue weighted by Gasteiger charge is 2.06. The van der Waals surface area contributed by atoms with Crippen molar-refractivity contribution in [3.8, 4) is 5.69 Å². The zero-order valence-corrected chi connectivity index (χ0v) is 14.2. The molecule has 0 saturated heterocycles. The fourth-order valence-electron chi connectivity index (χ4n) is 2.87. The van der Waals surface area contributed by atoms with Gasteiger partial charge in [0.05, 0.1) is 0 Å². The fraction of sp³-hybridized carbons (Fsp3) is 0.0435. The Kier molecular flexibility index (Phi) is 4.09. The second-order valence-corrected chi connectivity index (χ2v) is 6.20. The average Bonchev–Trinajstić information content (AvgIpc) is 2.68. The highest BCUT2D eigenvalue weighted by atomic mass is 14.9. The van der Waals surface area contributed by atoms with Gasteiger partial charge < -0.3 is 0 Å². The van der Waals surface area contributed by atoms with Gasteiger partial charge in [0.2, 0.25) is 5.69 Å². The molecule has 0 aliphatic rings. The SMILES string of the molecule is C[n+]1ccc(/C=C/c2cc[n+](-c3ccc4ccccc4c3)cc2)cc1. The van der Waals surface area contributed by atoms with E-state index >= 15 is 0 Å². The van der Waals surface area contributed by atoms with Crippen LogP contribution in [0.25, 0.3) is 28.6 Å². The Bertz CT molecular complexity index is 1030. The van der Waals surface area contributed by atoms with E-state index in [4.69, 9.17) is 0 Å². The van der Waals surface area contributed by atoms with Crippen molar-refractivity contribution in [2.24, 2.45) is 7.05 Å². The zero-order chi connectivity index (χ0) is 17.1. The zero-order valence-electron chi connectivity index (χ0n) is 14.2. The monoisotopic (exact) mass is 324 g/mol. The van der Waals surface area contributed by atoms with Crippen molar-refractivity contribution < 1.29 is 9.13 Å². The van der Waals surface area contributed by atoms with Gasteiger partial charge in [0.25, 0.3) is 0 Å². The van der Waals surface area contributed by atoms with E-state index in [0.717, 1.165) is 0 Å². The minimum Gasteiger partial charge on any atom is -0.208 e. The van der Waals surface area contributed by atoms with Crippen LogP contribution in [0.5, 0.6) is 0 Å². The van der Waals surface area contributed by atoms with Crippen LogP contribution in [0.2, 0.25) is 0 Å². The van der Waals surface area contributed by atoms with Gasteiger partial charge in [0.15, 0.2) is 24.8 Å². The van der Waals surface area contributed by atoms with Crippen molar-refractivity contribution in [1.82, 2.24) is 0 Å². The van der Waals surface area contributed by atoms with Crippen LogP contribution in [0.4, 0.5) is 0 Å². The second-order valence-electron chi connectivity index (χ2n) is 6.20. The molecule has 25 heavy (non-hydrogen) atoms. The van der Waals surface area contributed by atoms with Gasteiger partial charge in [-0.15, -0.1) is 0 Å². The molecule has 120 valence electrons. The lowest BCUT2D eigenvalue weighted by Gasteiger charge is -2.00. The molecule has 2 aromatic heterocycles. The maximum Gasteiger partial charge on any atom is 0.211 e. The first-order valence-electron chi connectivity index (χ1n) is 8.42. The molecule has 0 unspecified atom stereocenters. The molecule has 0 saturated carbocycles. The number of nitrogens with zero attached hydrogens (tertiary/aromatic N) is 2. The number of aryl methyl sites for hydroxylation is 1. The highest BCUT2D eigenvalue weighted by molar-refractivity contribution is 5.83. The predicted molar refractivity (Wildman–Crippen MR) is 102 cm³/mol. The molecule has 4 rings (SSSR count). The largest absolute Gasteiger partial charge is 0.211 e. The van der Waals surface area contributed by atoms with E-state index in [0.29, 0.717) is 0 Å². The highest BCUT2D eigenvalue weighted by Crippen LogP contribution is 2.15. The molecule has 0 radical (unpaired) electrons. The number of aromatic nitrogens is 2. The summed E-state index contributed by atoms with van der Waals surface area (Å²) in [5.41, 5.74) is 3.56. The Morgan fingerprint density at radius 1 is 0.640 bits per heavy atom. The van der Waals surface area contributed by atoms with Gasteiger partial charge in [-0.1, -0.05) is 36.4 Å². The first-order chi connectivity index (χ1) is 12.3. The van der Waals surface area contributed by atoms with Gasteiger partial charge in [0, 0.05) is 36.4 Å². The molecule has 2 nitrogen and oxygen atoms in total. The molecule has 0 atom stereocenters. The van der Waals surface area contributed by atoms with Crippen LogP contribution < -0.4 is 9.13 Å². The molecule has 2 heterocycles. The molecular formula is C23H20N2+2. The normalized spacial score (nSPS) is 11.2. The van der Waals surface area contributed by atoms with E-state index in [2.05, 4.69) is 108 Å². The van der Waals surface area contributed by atoms with Crippen LogP contribution in [-0.4, -0.2) is 0 Å². The number of fused-ring (bicyclic) bond motifs is 1. The first kappa shape index (κ1) is 15.3. The Labute approximate surface area is 147 Å². The summed E-state index contributed by atoms with van der Waals surface area (Å²) >= 11 is 0. The molecule has 2 heteroatoms. The topological polar surface area (TPSA) is 7.76 Å². The van der Waals surface area contributed by atoms with Crippen LogP contribution in [0.1, 0.15) is 11.1 Å².